The monoisotopic (exact) mass is 303 g/mol. The quantitative estimate of drug-likeness (QED) is 0.754. The average Bonchev–Trinajstić information content (AvgIpc) is 3.09. The van der Waals surface area contributed by atoms with Crippen LogP contribution in [0.4, 0.5) is 0 Å². The van der Waals surface area contributed by atoms with Crippen LogP contribution in [0.5, 0.6) is 0 Å². The number of unbranched alkanes of at least 4 members (excludes halogenated alkanes) is 1. The van der Waals surface area contributed by atoms with E-state index in [1.54, 1.807) is 0 Å². The van der Waals surface area contributed by atoms with E-state index in [4.69, 9.17) is 9.57 Å². The Morgan fingerprint density at radius 1 is 1.41 bits per heavy atom. The zero-order valence-electron chi connectivity index (χ0n) is 13.3. The second-order valence-electron chi connectivity index (χ2n) is 6.37. The van der Waals surface area contributed by atoms with Crippen molar-refractivity contribution in [2.75, 3.05) is 6.54 Å². The number of fused-ring (bicyclic) bond motifs is 1. The van der Waals surface area contributed by atoms with Gasteiger partial charge in [-0.25, -0.2) is 4.79 Å². The lowest BCUT2D eigenvalue weighted by molar-refractivity contribution is -0.192. The standard InChI is InChI=1S/C18H25NO3/c1-2-3-10-16-13-18(11-7-12-19(18)22-16)17(20)21-14-15-8-5-4-6-9-15/h4-6,8-9,16H,2-3,7,10-14H2,1H3/t16-,18-/m1/s1. The SMILES string of the molecule is CCCC[C@@H]1C[C@@]2(C(=O)OCc3ccccc3)CCCN2O1. The summed E-state index contributed by atoms with van der Waals surface area (Å²) in [7, 11) is 0. The maximum Gasteiger partial charge on any atom is 0.329 e. The molecule has 0 saturated carbocycles. The van der Waals surface area contributed by atoms with Crippen LogP contribution < -0.4 is 0 Å². The molecule has 2 atom stereocenters. The Labute approximate surface area is 132 Å². The summed E-state index contributed by atoms with van der Waals surface area (Å²) in [6.07, 6.45) is 6.13. The van der Waals surface area contributed by atoms with Crippen molar-refractivity contribution in [2.45, 2.75) is 63.7 Å². The highest BCUT2D eigenvalue weighted by Gasteiger charge is 2.56. The molecule has 1 aromatic carbocycles. The molecule has 2 aliphatic heterocycles. The lowest BCUT2D eigenvalue weighted by atomic mass is 9.90. The van der Waals surface area contributed by atoms with E-state index in [0.717, 1.165) is 50.6 Å². The van der Waals surface area contributed by atoms with Gasteiger partial charge in [-0.2, -0.15) is 5.06 Å². The number of carbonyl (C=O) groups is 1. The summed E-state index contributed by atoms with van der Waals surface area (Å²) < 4.78 is 5.61. The van der Waals surface area contributed by atoms with Crippen LogP contribution >= 0.6 is 0 Å². The number of nitrogens with zero attached hydrogens (tertiary/aromatic N) is 1. The summed E-state index contributed by atoms with van der Waals surface area (Å²) in [5.41, 5.74) is 0.492. The Hall–Kier alpha value is -1.39. The van der Waals surface area contributed by atoms with E-state index in [-0.39, 0.29) is 12.1 Å². The van der Waals surface area contributed by atoms with Gasteiger partial charge in [-0.15, -0.1) is 0 Å². The molecule has 4 heteroatoms. The molecule has 1 aromatic rings. The van der Waals surface area contributed by atoms with E-state index >= 15 is 0 Å². The molecule has 2 saturated heterocycles. The summed E-state index contributed by atoms with van der Waals surface area (Å²) >= 11 is 0. The van der Waals surface area contributed by atoms with Crippen LogP contribution in [0.3, 0.4) is 0 Å². The van der Waals surface area contributed by atoms with Crippen molar-refractivity contribution in [1.82, 2.24) is 5.06 Å². The number of ether oxygens (including phenoxy) is 1. The fraction of sp³-hybridized carbons (Fsp3) is 0.611. The third-order valence-corrected chi connectivity index (χ3v) is 4.74. The van der Waals surface area contributed by atoms with E-state index in [9.17, 15) is 4.79 Å². The van der Waals surface area contributed by atoms with Crippen LogP contribution in [0.15, 0.2) is 30.3 Å². The maximum atomic E-state index is 12.7. The van der Waals surface area contributed by atoms with Gasteiger partial charge in [0.2, 0.25) is 0 Å². The van der Waals surface area contributed by atoms with Crippen molar-refractivity contribution >= 4 is 5.97 Å². The Morgan fingerprint density at radius 2 is 2.23 bits per heavy atom. The van der Waals surface area contributed by atoms with Crippen LogP contribution in [-0.2, 0) is 21.0 Å². The van der Waals surface area contributed by atoms with Crippen LogP contribution in [0.1, 0.15) is 51.0 Å². The van der Waals surface area contributed by atoms with Gasteiger partial charge in [-0.3, -0.25) is 4.84 Å². The molecule has 2 aliphatic rings. The number of hydroxylamine groups is 2. The van der Waals surface area contributed by atoms with Crippen molar-refractivity contribution in [3.63, 3.8) is 0 Å². The van der Waals surface area contributed by atoms with Crippen molar-refractivity contribution in [3.05, 3.63) is 35.9 Å². The van der Waals surface area contributed by atoms with Gasteiger partial charge in [0.15, 0.2) is 0 Å². The van der Waals surface area contributed by atoms with Crippen molar-refractivity contribution in [1.29, 1.82) is 0 Å². The van der Waals surface area contributed by atoms with Gasteiger partial charge in [-0.1, -0.05) is 50.1 Å². The second kappa shape index (κ2) is 6.80. The van der Waals surface area contributed by atoms with Gasteiger partial charge in [0.25, 0.3) is 0 Å². The molecular weight excluding hydrogens is 278 g/mol. The minimum Gasteiger partial charge on any atom is -0.459 e. The number of hydrogen-bond acceptors (Lipinski definition) is 4. The molecule has 0 amide bonds. The number of esters is 1. The second-order valence-corrected chi connectivity index (χ2v) is 6.37. The number of hydrogen-bond donors (Lipinski definition) is 0. The molecule has 0 unspecified atom stereocenters. The van der Waals surface area contributed by atoms with E-state index in [2.05, 4.69) is 6.92 Å². The van der Waals surface area contributed by atoms with E-state index < -0.39 is 5.54 Å². The Balaban J connectivity index is 1.62. The fourth-order valence-corrected chi connectivity index (χ4v) is 3.54. The van der Waals surface area contributed by atoms with Gasteiger partial charge in [0, 0.05) is 13.0 Å². The highest BCUT2D eigenvalue weighted by molar-refractivity contribution is 5.81. The first kappa shape index (κ1) is 15.5. The lowest BCUT2D eigenvalue weighted by Crippen LogP contribution is -2.46. The molecule has 0 spiro atoms. The first-order valence-electron chi connectivity index (χ1n) is 8.40. The summed E-state index contributed by atoms with van der Waals surface area (Å²) in [6, 6.07) is 9.84. The zero-order valence-corrected chi connectivity index (χ0v) is 13.3. The Kier molecular flexibility index (Phi) is 4.79. The molecule has 0 N–H and O–H groups in total. The molecular formula is C18H25NO3. The number of carbonyl (C=O) groups excluding carboxylic acids is 1. The molecule has 0 aliphatic carbocycles. The molecule has 2 heterocycles. The summed E-state index contributed by atoms with van der Waals surface area (Å²) in [6.45, 7) is 3.36. The van der Waals surface area contributed by atoms with Crippen molar-refractivity contribution in [2.24, 2.45) is 0 Å². The largest absolute Gasteiger partial charge is 0.459 e. The predicted octanol–water partition coefficient (Wildman–Crippen LogP) is 3.46. The van der Waals surface area contributed by atoms with E-state index in [1.807, 2.05) is 35.4 Å². The molecule has 2 fully saturated rings. The zero-order chi connectivity index (χ0) is 15.4. The normalized spacial score (nSPS) is 27.8. The third kappa shape index (κ3) is 3.03. The maximum absolute atomic E-state index is 12.7. The molecule has 22 heavy (non-hydrogen) atoms. The molecule has 120 valence electrons. The smallest absolute Gasteiger partial charge is 0.329 e. The lowest BCUT2D eigenvalue weighted by Gasteiger charge is -2.26. The van der Waals surface area contributed by atoms with Crippen LogP contribution in [0.25, 0.3) is 0 Å². The van der Waals surface area contributed by atoms with E-state index in [0.29, 0.717) is 6.61 Å². The first-order chi connectivity index (χ1) is 10.7. The molecule has 0 bridgehead atoms. The highest BCUT2D eigenvalue weighted by atomic mass is 16.7. The average molecular weight is 303 g/mol. The van der Waals surface area contributed by atoms with E-state index in [1.165, 1.54) is 0 Å². The molecule has 0 aromatic heterocycles. The number of rotatable bonds is 6. The number of benzene rings is 1. The Bertz CT molecular complexity index is 504. The van der Waals surface area contributed by atoms with Crippen LogP contribution in [0.2, 0.25) is 0 Å². The minimum atomic E-state index is -0.535. The minimum absolute atomic E-state index is 0.118. The predicted molar refractivity (Wildman–Crippen MR) is 83.9 cm³/mol. The highest BCUT2D eigenvalue weighted by Crippen LogP contribution is 2.42. The van der Waals surface area contributed by atoms with Gasteiger partial charge >= 0.3 is 5.97 Å². The molecule has 0 radical (unpaired) electrons. The summed E-state index contributed by atoms with van der Waals surface area (Å²) in [5, 5.41) is 1.90. The van der Waals surface area contributed by atoms with Crippen molar-refractivity contribution < 1.29 is 14.4 Å². The van der Waals surface area contributed by atoms with Gasteiger partial charge in [0.1, 0.15) is 12.1 Å². The van der Waals surface area contributed by atoms with Gasteiger partial charge in [0.05, 0.1) is 6.10 Å². The fourth-order valence-electron chi connectivity index (χ4n) is 3.54. The first-order valence-corrected chi connectivity index (χ1v) is 8.40. The van der Waals surface area contributed by atoms with Crippen molar-refractivity contribution in [3.8, 4) is 0 Å². The summed E-state index contributed by atoms with van der Waals surface area (Å²) in [5.74, 6) is -0.118. The molecule has 3 rings (SSSR count). The van der Waals surface area contributed by atoms with Crippen LogP contribution in [-0.4, -0.2) is 29.2 Å². The van der Waals surface area contributed by atoms with Crippen LogP contribution in [0, 0.1) is 0 Å². The van der Waals surface area contributed by atoms with Gasteiger partial charge < -0.3 is 4.74 Å². The molecule has 4 nitrogen and oxygen atoms in total. The topological polar surface area (TPSA) is 38.8 Å². The van der Waals surface area contributed by atoms with Gasteiger partial charge in [-0.05, 0) is 24.8 Å². The Morgan fingerprint density at radius 3 is 3.00 bits per heavy atom. The summed E-state index contributed by atoms with van der Waals surface area (Å²) in [4.78, 5) is 18.7. The third-order valence-electron chi connectivity index (χ3n) is 4.74.